The summed E-state index contributed by atoms with van der Waals surface area (Å²) in [6.07, 6.45) is 94.8. The molecule has 0 bridgehead atoms. The molecule has 480 valence electrons. The van der Waals surface area contributed by atoms with E-state index in [0.29, 0.717) is 19.3 Å². The fourth-order valence-electron chi connectivity index (χ4n) is 10.5. The van der Waals surface area contributed by atoms with E-state index >= 15 is 0 Å². The van der Waals surface area contributed by atoms with Crippen molar-refractivity contribution in [3.63, 3.8) is 0 Å². The van der Waals surface area contributed by atoms with Crippen LogP contribution in [0.25, 0.3) is 0 Å². The molecule has 0 heterocycles. The van der Waals surface area contributed by atoms with Gasteiger partial charge in [-0.15, -0.1) is 0 Å². The number of rotatable bonds is 66. The summed E-state index contributed by atoms with van der Waals surface area (Å²) in [5, 5.41) is 0. The molecule has 0 spiro atoms. The summed E-state index contributed by atoms with van der Waals surface area (Å²) >= 11 is 0. The summed E-state index contributed by atoms with van der Waals surface area (Å²) in [5.74, 6) is -0.887. The Morgan fingerprint density at radius 1 is 0.253 bits per heavy atom. The summed E-state index contributed by atoms with van der Waals surface area (Å²) in [6, 6.07) is 0. The van der Waals surface area contributed by atoms with Gasteiger partial charge in [0, 0.05) is 19.3 Å². The maximum Gasteiger partial charge on any atom is 0.306 e. The van der Waals surface area contributed by atoms with E-state index in [2.05, 4.69) is 106 Å². The molecule has 0 rings (SSSR count). The molecule has 6 heteroatoms. The Hall–Kier alpha value is -3.41. The first-order valence-electron chi connectivity index (χ1n) is 36.1. The average molecular weight is 1160 g/mol. The van der Waals surface area contributed by atoms with Gasteiger partial charge in [-0.3, -0.25) is 14.4 Å². The third-order valence-corrected chi connectivity index (χ3v) is 15.9. The minimum atomic E-state index is -0.789. The molecule has 83 heavy (non-hydrogen) atoms. The van der Waals surface area contributed by atoms with Crippen LogP contribution in [0.4, 0.5) is 0 Å². The molecule has 0 amide bonds. The molecule has 0 aliphatic rings. The van der Waals surface area contributed by atoms with Gasteiger partial charge in [0.25, 0.3) is 0 Å². The summed E-state index contributed by atoms with van der Waals surface area (Å²) in [7, 11) is 0. The molecule has 1 atom stereocenters. The predicted molar refractivity (Wildman–Crippen MR) is 362 cm³/mol. The van der Waals surface area contributed by atoms with Crippen LogP contribution in [0.1, 0.15) is 367 Å². The first kappa shape index (κ1) is 79.6. The Bertz CT molecular complexity index is 1570. The number of carbonyl (C=O) groups excluding carboxylic acids is 3. The smallest absolute Gasteiger partial charge is 0.306 e. The Morgan fingerprint density at radius 3 is 0.759 bits per heavy atom. The molecule has 0 saturated heterocycles. The Balaban J connectivity index is 4.28. The van der Waals surface area contributed by atoms with Crippen LogP contribution in [0.2, 0.25) is 0 Å². The highest BCUT2D eigenvalue weighted by molar-refractivity contribution is 5.71. The van der Waals surface area contributed by atoms with Crippen LogP contribution in [0.5, 0.6) is 0 Å². The van der Waals surface area contributed by atoms with Crippen LogP contribution in [-0.4, -0.2) is 37.2 Å². The van der Waals surface area contributed by atoms with E-state index in [1.54, 1.807) is 0 Å². The normalized spacial score (nSPS) is 12.6. The standard InChI is InChI=1S/C77H136O6/c1-4-7-10-13-16-19-22-25-27-29-31-33-35-37-38-40-41-43-45-47-49-52-55-58-61-64-67-70-76(79)82-73-74(72-81-75(78)69-66-63-60-57-54-51-24-21-18-15-12-9-6-3)83-77(80)71-68-65-62-59-56-53-50-48-46-44-42-39-36-34-32-30-28-26-23-20-17-14-11-8-5-2/h8,11,17,20-21,24,26,28,32,34,39,42,46,48,74H,4-7,9-10,12-16,18-19,22-23,25,27,29-31,33,35-38,40-41,43-45,47,49-73H2,1-3H3/b11-8-,20-17-,24-21-,28-26-,34-32-,42-39-,48-46-. The van der Waals surface area contributed by atoms with Crippen LogP contribution in [0.3, 0.4) is 0 Å². The zero-order valence-electron chi connectivity index (χ0n) is 55.2. The van der Waals surface area contributed by atoms with E-state index in [-0.39, 0.29) is 31.1 Å². The Labute approximate surface area is 515 Å². The minimum Gasteiger partial charge on any atom is -0.462 e. The van der Waals surface area contributed by atoms with Crippen molar-refractivity contribution in [2.75, 3.05) is 13.2 Å². The predicted octanol–water partition coefficient (Wildman–Crippen LogP) is 25.0. The zero-order chi connectivity index (χ0) is 59.9. The second-order valence-corrected chi connectivity index (χ2v) is 24.1. The van der Waals surface area contributed by atoms with E-state index in [9.17, 15) is 14.4 Å². The number of allylic oxidation sites excluding steroid dienone is 14. The molecule has 0 aromatic carbocycles. The number of unbranched alkanes of at least 4 members (excludes halogenated alkanes) is 41. The third-order valence-electron chi connectivity index (χ3n) is 15.9. The van der Waals surface area contributed by atoms with Crippen molar-refractivity contribution in [3.8, 4) is 0 Å². The van der Waals surface area contributed by atoms with Gasteiger partial charge < -0.3 is 14.2 Å². The van der Waals surface area contributed by atoms with E-state index in [1.165, 1.54) is 212 Å². The zero-order valence-corrected chi connectivity index (χ0v) is 55.2. The van der Waals surface area contributed by atoms with Crippen LogP contribution < -0.4 is 0 Å². The molecule has 0 aromatic heterocycles. The lowest BCUT2D eigenvalue weighted by Crippen LogP contribution is -2.30. The lowest BCUT2D eigenvalue weighted by Gasteiger charge is -2.18. The second kappa shape index (κ2) is 71.1. The van der Waals surface area contributed by atoms with Gasteiger partial charge in [0.05, 0.1) is 0 Å². The van der Waals surface area contributed by atoms with E-state index in [1.807, 2.05) is 0 Å². The van der Waals surface area contributed by atoms with Crippen LogP contribution in [-0.2, 0) is 28.6 Å². The lowest BCUT2D eigenvalue weighted by atomic mass is 10.0. The molecule has 0 aliphatic carbocycles. The maximum atomic E-state index is 13.0. The maximum absolute atomic E-state index is 13.0. The molecule has 0 aromatic rings. The van der Waals surface area contributed by atoms with Gasteiger partial charge in [0.15, 0.2) is 6.10 Å². The Kier molecular flexibility index (Phi) is 68.2. The quantitative estimate of drug-likeness (QED) is 0.0261. The SMILES string of the molecule is CC/C=C\C/C=C\C/C=C\C/C=C\C/C=C\C/C=C\CCCCCCCCC(=O)OC(COC(=O)CCCCCCC/C=C\CCCCCC)COC(=O)CCCCCCCCCCCCCCCCCCCCCCCCCCCCC. The topological polar surface area (TPSA) is 78.9 Å². The van der Waals surface area contributed by atoms with Gasteiger partial charge in [-0.25, -0.2) is 0 Å². The average Bonchev–Trinajstić information content (AvgIpc) is 3.49. The number of hydrogen-bond acceptors (Lipinski definition) is 6. The van der Waals surface area contributed by atoms with Crippen LogP contribution in [0.15, 0.2) is 85.1 Å². The number of hydrogen-bond donors (Lipinski definition) is 0. The second-order valence-electron chi connectivity index (χ2n) is 24.1. The summed E-state index contributed by atoms with van der Waals surface area (Å²) in [4.78, 5) is 38.4. The van der Waals surface area contributed by atoms with Crippen LogP contribution in [0, 0.1) is 0 Å². The molecule has 0 saturated carbocycles. The van der Waals surface area contributed by atoms with E-state index in [0.717, 1.165) is 116 Å². The van der Waals surface area contributed by atoms with Crippen molar-refractivity contribution in [1.29, 1.82) is 0 Å². The molecule has 0 radical (unpaired) electrons. The van der Waals surface area contributed by atoms with Crippen molar-refractivity contribution in [1.82, 2.24) is 0 Å². The van der Waals surface area contributed by atoms with Crippen molar-refractivity contribution in [2.45, 2.75) is 374 Å². The van der Waals surface area contributed by atoms with Gasteiger partial charge in [-0.1, -0.05) is 337 Å². The fraction of sp³-hybridized carbons (Fsp3) is 0.779. The van der Waals surface area contributed by atoms with Crippen molar-refractivity contribution in [2.24, 2.45) is 0 Å². The Morgan fingerprint density at radius 2 is 0.470 bits per heavy atom. The number of esters is 3. The monoisotopic (exact) mass is 1160 g/mol. The van der Waals surface area contributed by atoms with Gasteiger partial charge >= 0.3 is 17.9 Å². The molecular weight excluding hydrogens is 1020 g/mol. The van der Waals surface area contributed by atoms with Gasteiger partial charge in [0.2, 0.25) is 0 Å². The molecule has 0 aliphatic heterocycles. The van der Waals surface area contributed by atoms with E-state index in [4.69, 9.17) is 14.2 Å². The molecule has 0 fully saturated rings. The summed E-state index contributed by atoms with van der Waals surface area (Å²) < 4.78 is 17.0. The number of carbonyl (C=O) groups is 3. The molecular formula is C77H136O6. The third kappa shape index (κ3) is 69.3. The lowest BCUT2D eigenvalue weighted by molar-refractivity contribution is -0.167. The van der Waals surface area contributed by atoms with Gasteiger partial charge in [-0.2, -0.15) is 0 Å². The van der Waals surface area contributed by atoms with Crippen molar-refractivity contribution < 1.29 is 28.6 Å². The van der Waals surface area contributed by atoms with Crippen molar-refractivity contribution >= 4 is 17.9 Å². The van der Waals surface area contributed by atoms with Gasteiger partial charge in [-0.05, 0) is 96.3 Å². The first-order chi connectivity index (χ1) is 41.0. The first-order valence-corrected chi connectivity index (χ1v) is 36.1. The highest BCUT2D eigenvalue weighted by Gasteiger charge is 2.19. The largest absolute Gasteiger partial charge is 0.462 e. The van der Waals surface area contributed by atoms with Gasteiger partial charge in [0.1, 0.15) is 13.2 Å². The highest BCUT2D eigenvalue weighted by Crippen LogP contribution is 2.18. The minimum absolute atomic E-state index is 0.0820. The molecule has 0 N–H and O–H groups in total. The highest BCUT2D eigenvalue weighted by atomic mass is 16.6. The molecule has 1 unspecified atom stereocenters. The number of ether oxygens (including phenoxy) is 3. The molecule has 6 nitrogen and oxygen atoms in total. The van der Waals surface area contributed by atoms with E-state index < -0.39 is 6.10 Å². The summed E-state index contributed by atoms with van der Waals surface area (Å²) in [6.45, 7) is 6.55. The van der Waals surface area contributed by atoms with Crippen LogP contribution >= 0.6 is 0 Å². The van der Waals surface area contributed by atoms with Crippen molar-refractivity contribution in [3.05, 3.63) is 85.1 Å². The fourth-order valence-corrected chi connectivity index (χ4v) is 10.5. The summed E-state index contributed by atoms with van der Waals surface area (Å²) in [5.41, 5.74) is 0.